The predicted octanol–water partition coefficient (Wildman–Crippen LogP) is 3.20. The first-order valence-corrected chi connectivity index (χ1v) is 11.7. The number of rotatable bonds is 8. The van der Waals surface area contributed by atoms with Gasteiger partial charge in [-0.2, -0.15) is 0 Å². The molecule has 1 atom stereocenters. The van der Waals surface area contributed by atoms with Crippen molar-refractivity contribution >= 4 is 29.9 Å². The molecule has 32 heavy (non-hydrogen) atoms. The molecule has 0 radical (unpaired) electrons. The number of benzene rings is 1. The molecule has 0 aliphatic carbocycles. The quantitative estimate of drug-likeness (QED) is 0.290. The molecule has 2 N–H and O–H groups in total. The van der Waals surface area contributed by atoms with Crippen molar-refractivity contribution in [3.05, 3.63) is 24.3 Å². The molecule has 1 unspecified atom stereocenters. The van der Waals surface area contributed by atoms with Gasteiger partial charge in [-0.3, -0.25) is 9.89 Å². The Morgan fingerprint density at radius 1 is 1.06 bits per heavy atom. The number of aliphatic imine (C=N–C) groups is 1. The SMILES string of the molecule is CN=C(NCC(C)Oc1ccccc1OC)NCC1(N2CCCCC2)CCN(C)CC1.I. The molecule has 0 saturated carbocycles. The lowest BCUT2D eigenvalue weighted by molar-refractivity contribution is 0.0173. The Labute approximate surface area is 211 Å². The molecule has 2 aliphatic heterocycles. The van der Waals surface area contributed by atoms with Gasteiger partial charge in [0, 0.05) is 19.1 Å². The van der Waals surface area contributed by atoms with E-state index in [1.807, 2.05) is 31.3 Å². The van der Waals surface area contributed by atoms with Crippen LogP contribution in [-0.4, -0.2) is 87.9 Å². The van der Waals surface area contributed by atoms with E-state index in [1.54, 1.807) is 7.11 Å². The Balaban J connectivity index is 0.00000363. The average molecular weight is 560 g/mol. The highest BCUT2D eigenvalue weighted by Gasteiger charge is 2.39. The summed E-state index contributed by atoms with van der Waals surface area (Å²) in [5.74, 6) is 2.35. The van der Waals surface area contributed by atoms with Gasteiger partial charge in [0.2, 0.25) is 0 Å². The molecule has 8 heteroatoms. The van der Waals surface area contributed by atoms with Gasteiger partial charge in [-0.25, -0.2) is 0 Å². The fraction of sp³-hybridized carbons (Fsp3) is 0.708. The fourth-order valence-electron chi connectivity index (χ4n) is 4.69. The van der Waals surface area contributed by atoms with Gasteiger partial charge in [0.1, 0.15) is 6.10 Å². The minimum atomic E-state index is -0.0192. The van der Waals surface area contributed by atoms with Crippen molar-refractivity contribution in [3.8, 4) is 11.5 Å². The zero-order valence-electron chi connectivity index (χ0n) is 20.2. The first-order chi connectivity index (χ1) is 15.1. The van der Waals surface area contributed by atoms with Gasteiger partial charge in [-0.1, -0.05) is 18.6 Å². The van der Waals surface area contributed by atoms with E-state index in [4.69, 9.17) is 9.47 Å². The number of ether oxygens (including phenoxy) is 2. The summed E-state index contributed by atoms with van der Waals surface area (Å²) in [6.07, 6.45) is 6.41. The summed E-state index contributed by atoms with van der Waals surface area (Å²) < 4.78 is 11.5. The predicted molar refractivity (Wildman–Crippen MR) is 143 cm³/mol. The van der Waals surface area contributed by atoms with E-state index in [-0.39, 0.29) is 35.6 Å². The Bertz CT molecular complexity index is 703. The summed E-state index contributed by atoms with van der Waals surface area (Å²) >= 11 is 0. The average Bonchev–Trinajstić information content (AvgIpc) is 2.81. The number of hydrogen-bond acceptors (Lipinski definition) is 5. The molecule has 1 aromatic carbocycles. The monoisotopic (exact) mass is 559 g/mol. The van der Waals surface area contributed by atoms with Crippen molar-refractivity contribution < 1.29 is 9.47 Å². The number of methoxy groups -OCH3 is 1. The van der Waals surface area contributed by atoms with Gasteiger partial charge in [0.25, 0.3) is 0 Å². The summed E-state index contributed by atoms with van der Waals surface area (Å²) in [4.78, 5) is 9.66. The van der Waals surface area contributed by atoms with Crippen molar-refractivity contribution in [2.75, 3.05) is 60.5 Å². The maximum absolute atomic E-state index is 6.07. The lowest BCUT2D eigenvalue weighted by atomic mass is 9.84. The smallest absolute Gasteiger partial charge is 0.191 e. The van der Waals surface area contributed by atoms with E-state index in [1.165, 1.54) is 45.2 Å². The van der Waals surface area contributed by atoms with Crippen LogP contribution in [0.2, 0.25) is 0 Å². The summed E-state index contributed by atoms with van der Waals surface area (Å²) in [5.41, 5.74) is 0.226. The minimum Gasteiger partial charge on any atom is -0.493 e. The second kappa shape index (κ2) is 13.4. The highest BCUT2D eigenvalue weighted by molar-refractivity contribution is 14.0. The van der Waals surface area contributed by atoms with Gasteiger partial charge >= 0.3 is 0 Å². The van der Waals surface area contributed by atoms with Crippen LogP contribution in [-0.2, 0) is 0 Å². The number of para-hydroxylation sites is 2. The van der Waals surface area contributed by atoms with Gasteiger partial charge in [0.05, 0.1) is 13.7 Å². The Kier molecular flexibility index (Phi) is 11.3. The van der Waals surface area contributed by atoms with Gasteiger partial charge in [-0.15, -0.1) is 24.0 Å². The number of hydrogen-bond donors (Lipinski definition) is 2. The van der Waals surface area contributed by atoms with Crippen molar-refractivity contribution in [2.24, 2.45) is 4.99 Å². The third kappa shape index (κ3) is 7.38. The minimum absolute atomic E-state index is 0. The zero-order valence-corrected chi connectivity index (χ0v) is 22.6. The molecular formula is C24H42IN5O2. The van der Waals surface area contributed by atoms with E-state index in [0.717, 1.165) is 37.1 Å². The molecule has 3 rings (SSSR count). The maximum Gasteiger partial charge on any atom is 0.191 e. The van der Waals surface area contributed by atoms with Crippen molar-refractivity contribution in [1.82, 2.24) is 20.4 Å². The first kappa shape index (κ1) is 27.0. The normalized spacial score (nSPS) is 20.7. The number of nitrogens with one attached hydrogen (secondary N) is 2. The molecule has 182 valence electrons. The van der Waals surface area contributed by atoms with Gasteiger partial charge < -0.3 is 25.0 Å². The van der Waals surface area contributed by atoms with Crippen LogP contribution >= 0.6 is 24.0 Å². The van der Waals surface area contributed by atoms with Gasteiger partial charge in [0.15, 0.2) is 17.5 Å². The molecule has 0 amide bonds. The molecule has 2 fully saturated rings. The van der Waals surface area contributed by atoms with Crippen molar-refractivity contribution in [1.29, 1.82) is 0 Å². The highest BCUT2D eigenvalue weighted by atomic mass is 127. The van der Waals surface area contributed by atoms with Gasteiger partial charge in [-0.05, 0) is 78.0 Å². The highest BCUT2D eigenvalue weighted by Crippen LogP contribution is 2.31. The molecule has 7 nitrogen and oxygen atoms in total. The van der Waals surface area contributed by atoms with Crippen LogP contribution in [0.15, 0.2) is 29.3 Å². The number of guanidine groups is 1. The third-order valence-electron chi connectivity index (χ3n) is 6.71. The summed E-state index contributed by atoms with van der Waals surface area (Å²) in [7, 11) is 5.73. The molecule has 0 aromatic heterocycles. The van der Waals surface area contributed by atoms with E-state index < -0.39 is 0 Å². The molecular weight excluding hydrogens is 517 g/mol. The largest absolute Gasteiger partial charge is 0.493 e. The number of likely N-dealkylation sites (tertiary alicyclic amines) is 2. The lowest BCUT2D eigenvalue weighted by Gasteiger charge is -2.50. The molecule has 1 aromatic rings. The van der Waals surface area contributed by atoms with E-state index in [9.17, 15) is 0 Å². The number of halogens is 1. The van der Waals surface area contributed by atoms with Crippen LogP contribution in [0.1, 0.15) is 39.0 Å². The van der Waals surface area contributed by atoms with Crippen LogP contribution in [0, 0.1) is 0 Å². The van der Waals surface area contributed by atoms with Crippen LogP contribution in [0.25, 0.3) is 0 Å². The Morgan fingerprint density at radius 2 is 1.72 bits per heavy atom. The second-order valence-corrected chi connectivity index (χ2v) is 8.96. The van der Waals surface area contributed by atoms with E-state index in [0.29, 0.717) is 6.54 Å². The first-order valence-electron chi connectivity index (χ1n) is 11.7. The summed E-state index contributed by atoms with van der Waals surface area (Å²) in [6, 6.07) is 7.75. The van der Waals surface area contributed by atoms with Crippen LogP contribution in [0.5, 0.6) is 11.5 Å². The van der Waals surface area contributed by atoms with E-state index in [2.05, 4.69) is 39.4 Å². The summed E-state index contributed by atoms with van der Waals surface area (Å²) in [5, 5.41) is 7.07. The molecule has 2 heterocycles. The van der Waals surface area contributed by atoms with Crippen molar-refractivity contribution in [3.63, 3.8) is 0 Å². The Morgan fingerprint density at radius 3 is 2.34 bits per heavy atom. The fourth-order valence-corrected chi connectivity index (χ4v) is 4.69. The molecule has 2 saturated heterocycles. The van der Waals surface area contributed by atoms with Crippen LogP contribution in [0.4, 0.5) is 0 Å². The zero-order chi connectivity index (χ0) is 22.1. The van der Waals surface area contributed by atoms with Crippen LogP contribution < -0.4 is 20.1 Å². The van der Waals surface area contributed by atoms with Crippen molar-refractivity contribution in [2.45, 2.75) is 50.7 Å². The number of piperidine rings is 2. The third-order valence-corrected chi connectivity index (χ3v) is 6.71. The molecule has 0 bridgehead atoms. The standard InChI is InChI=1S/C24H41N5O2.HI/c1-20(31-22-11-7-6-10-21(22)30-4)18-26-23(25-2)27-19-24(12-16-28(3)17-13-24)29-14-8-5-9-15-29;/h6-7,10-11,20H,5,8-9,12-19H2,1-4H3,(H2,25,26,27);1H. The van der Waals surface area contributed by atoms with E-state index >= 15 is 0 Å². The molecule has 2 aliphatic rings. The lowest BCUT2D eigenvalue weighted by Crippen LogP contribution is -2.62. The second-order valence-electron chi connectivity index (χ2n) is 8.96. The summed E-state index contributed by atoms with van der Waals surface area (Å²) in [6.45, 7) is 8.42. The Hall–Kier alpha value is -1.26. The van der Waals surface area contributed by atoms with Crippen LogP contribution in [0.3, 0.4) is 0 Å². The topological polar surface area (TPSA) is 61.4 Å². The number of nitrogens with zero attached hydrogens (tertiary/aromatic N) is 3. The molecule has 0 spiro atoms. The maximum atomic E-state index is 6.07.